The van der Waals surface area contributed by atoms with Crippen LogP contribution in [0, 0.1) is 0 Å². The summed E-state index contributed by atoms with van der Waals surface area (Å²) in [4.78, 5) is 20.2. The summed E-state index contributed by atoms with van der Waals surface area (Å²) in [5, 5.41) is 9.44. The first kappa shape index (κ1) is 26.6. The average Bonchev–Trinajstić information content (AvgIpc) is 2.84. The fourth-order valence-electron chi connectivity index (χ4n) is 4.22. The Morgan fingerprint density at radius 2 is 1.89 bits per heavy atom. The van der Waals surface area contributed by atoms with Gasteiger partial charge < -0.3 is 19.9 Å². The highest BCUT2D eigenvalue weighted by molar-refractivity contribution is 5.77. The zero-order valence-electron chi connectivity index (χ0n) is 19.7. The number of hydrogen-bond acceptors (Lipinski definition) is 7. The normalized spacial score (nSPS) is 18.3. The molecule has 0 bridgehead atoms. The highest BCUT2D eigenvalue weighted by Gasteiger charge is 2.36. The number of rotatable bonds is 7. The first-order valence-electron chi connectivity index (χ1n) is 11.5. The summed E-state index contributed by atoms with van der Waals surface area (Å²) in [5.74, 6) is 0.299. The van der Waals surface area contributed by atoms with Crippen LogP contribution < -0.4 is 10.2 Å². The summed E-state index contributed by atoms with van der Waals surface area (Å²) in [6.45, 7) is 2.92. The van der Waals surface area contributed by atoms with Crippen molar-refractivity contribution in [3.05, 3.63) is 47.4 Å². The molecule has 2 aliphatic rings. The molecule has 0 aromatic carbocycles. The molecule has 4 rings (SSSR count). The summed E-state index contributed by atoms with van der Waals surface area (Å²) in [6, 6.07) is 0.368. The molecule has 0 spiro atoms. The van der Waals surface area contributed by atoms with Crippen molar-refractivity contribution < 1.29 is 35.9 Å². The Balaban J connectivity index is 1.24. The minimum Gasteiger partial charge on any atom is -0.379 e. The maximum Gasteiger partial charge on any atom is 0.420 e. The largest absolute Gasteiger partial charge is 0.420 e. The lowest BCUT2D eigenvalue weighted by molar-refractivity contribution is -0.138. The molecule has 2 aromatic heterocycles. The lowest BCUT2D eigenvalue weighted by Crippen LogP contribution is -2.55. The molecule has 0 unspecified atom stereocenters. The Morgan fingerprint density at radius 1 is 1.14 bits per heavy atom. The van der Waals surface area contributed by atoms with Gasteiger partial charge in [-0.1, -0.05) is 12.2 Å². The van der Waals surface area contributed by atoms with Gasteiger partial charge in [-0.15, -0.1) is 0 Å². The number of amides is 1. The Hall–Kier alpha value is -3.42. The molecular weight excluding hydrogens is 506 g/mol. The standard InChI is InChI=1S/C23H24F6N6O2/c1-14(33-19-11-32-31-10-18(19)23(27,28)29)13-37-7-4-20(36)34-5-6-35-17(12-34)3-2-15-8-16(22(24,25)26)9-30-21(15)35/h2-3,8-11,14,17H,4-7,12-13H2,1H3,(H,31,33)/t14-,17+/m0/s1. The van der Waals surface area contributed by atoms with Gasteiger partial charge in [0.15, 0.2) is 0 Å². The van der Waals surface area contributed by atoms with Crippen LogP contribution in [0.5, 0.6) is 0 Å². The van der Waals surface area contributed by atoms with Gasteiger partial charge in [0.1, 0.15) is 11.4 Å². The lowest BCUT2D eigenvalue weighted by atomic mass is 10.0. The van der Waals surface area contributed by atoms with Gasteiger partial charge in [-0.25, -0.2) is 4.98 Å². The van der Waals surface area contributed by atoms with Gasteiger partial charge in [-0.3, -0.25) is 4.79 Å². The van der Waals surface area contributed by atoms with Crippen molar-refractivity contribution in [1.82, 2.24) is 20.1 Å². The van der Waals surface area contributed by atoms with E-state index in [0.717, 1.165) is 18.5 Å². The summed E-state index contributed by atoms with van der Waals surface area (Å²) in [7, 11) is 0. The van der Waals surface area contributed by atoms with Crippen molar-refractivity contribution in [2.45, 2.75) is 37.8 Å². The van der Waals surface area contributed by atoms with Crippen LogP contribution in [0.3, 0.4) is 0 Å². The second-order valence-corrected chi connectivity index (χ2v) is 8.78. The van der Waals surface area contributed by atoms with E-state index in [1.54, 1.807) is 24.0 Å². The van der Waals surface area contributed by atoms with Crippen molar-refractivity contribution in [3.63, 3.8) is 0 Å². The van der Waals surface area contributed by atoms with Crippen LogP contribution in [0.1, 0.15) is 30.0 Å². The van der Waals surface area contributed by atoms with Gasteiger partial charge in [0, 0.05) is 37.4 Å². The third-order valence-corrected chi connectivity index (χ3v) is 6.03. The number of piperazine rings is 1. The van der Waals surface area contributed by atoms with Crippen molar-refractivity contribution in [2.24, 2.45) is 0 Å². The number of pyridine rings is 1. The number of halogens is 6. The Bertz CT molecular complexity index is 1160. The number of nitrogens with one attached hydrogen (secondary N) is 1. The highest BCUT2D eigenvalue weighted by atomic mass is 19.4. The fourth-order valence-corrected chi connectivity index (χ4v) is 4.22. The number of carbonyl (C=O) groups is 1. The van der Waals surface area contributed by atoms with E-state index in [2.05, 4.69) is 20.5 Å². The molecule has 2 atom stereocenters. The van der Waals surface area contributed by atoms with E-state index in [-0.39, 0.29) is 37.3 Å². The van der Waals surface area contributed by atoms with E-state index >= 15 is 0 Å². The molecule has 1 fully saturated rings. The molecular formula is C23H24F6N6O2. The molecule has 0 saturated carbocycles. The van der Waals surface area contributed by atoms with Crippen LogP contribution in [-0.4, -0.2) is 70.9 Å². The minimum atomic E-state index is -4.58. The van der Waals surface area contributed by atoms with Crippen LogP contribution in [0.25, 0.3) is 6.08 Å². The molecule has 2 aliphatic heterocycles. The first-order valence-corrected chi connectivity index (χ1v) is 11.5. The number of alkyl halides is 6. The van der Waals surface area contributed by atoms with Gasteiger partial charge in [0.25, 0.3) is 0 Å². The Labute approximate surface area is 208 Å². The fraction of sp³-hybridized carbons (Fsp3) is 0.478. The molecule has 1 saturated heterocycles. The molecule has 0 aliphatic carbocycles. The second kappa shape index (κ2) is 10.5. The third-order valence-electron chi connectivity index (χ3n) is 6.03. The summed E-state index contributed by atoms with van der Waals surface area (Å²) in [6.07, 6.45) is -3.17. The number of carbonyl (C=O) groups excluding carboxylic acids is 1. The quantitative estimate of drug-likeness (QED) is 0.430. The Morgan fingerprint density at radius 3 is 2.62 bits per heavy atom. The van der Waals surface area contributed by atoms with Crippen molar-refractivity contribution in [3.8, 4) is 0 Å². The van der Waals surface area contributed by atoms with Crippen molar-refractivity contribution >= 4 is 23.5 Å². The zero-order valence-corrected chi connectivity index (χ0v) is 19.7. The number of hydrogen-bond donors (Lipinski definition) is 1. The maximum absolute atomic E-state index is 13.1. The van der Waals surface area contributed by atoms with E-state index in [4.69, 9.17) is 4.74 Å². The monoisotopic (exact) mass is 530 g/mol. The predicted molar refractivity (Wildman–Crippen MR) is 122 cm³/mol. The van der Waals surface area contributed by atoms with Crippen molar-refractivity contribution in [1.29, 1.82) is 0 Å². The zero-order chi connectivity index (χ0) is 26.8. The van der Waals surface area contributed by atoms with E-state index < -0.39 is 29.5 Å². The maximum atomic E-state index is 13.1. The summed E-state index contributed by atoms with van der Waals surface area (Å²) in [5.41, 5.74) is -1.57. The molecule has 37 heavy (non-hydrogen) atoms. The van der Waals surface area contributed by atoms with Gasteiger partial charge in [0.2, 0.25) is 5.91 Å². The third kappa shape index (κ3) is 6.29. The molecule has 0 radical (unpaired) electrons. The van der Waals surface area contributed by atoms with Gasteiger partial charge in [-0.2, -0.15) is 36.5 Å². The predicted octanol–water partition coefficient (Wildman–Crippen LogP) is 3.86. The van der Waals surface area contributed by atoms with Gasteiger partial charge in [0.05, 0.1) is 49.3 Å². The molecule has 1 amide bonds. The van der Waals surface area contributed by atoms with E-state index in [1.165, 1.54) is 0 Å². The van der Waals surface area contributed by atoms with Crippen LogP contribution in [0.2, 0.25) is 0 Å². The lowest BCUT2D eigenvalue weighted by Gasteiger charge is -2.43. The average molecular weight is 530 g/mol. The second-order valence-electron chi connectivity index (χ2n) is 8.78. The molecule has 1 N–H and O–H groups in total. The van der Waals surface area contributed by atoms with E-state index in [1.807, 2.05) is 4.90 Å². The van der Waals surface area contributed by atoms with Crippen molar-refractivity contribution in [2.75, 3.05) is 43.1 Å². The smallest absolute Gasteiger partial charge is 0.379 e. The number of fused-ring (bicyclic) bond motifs is 3. The van der Waals surface area contributed by atoms with E-state index in [0.29, 0.717) is 37.2 Å². The van der Waals surface area contributed by atoms with Crippen LogP contribution >= 0.6 is 0 Å². The molecule has 4 heterocycles. The van der Waals surface area contributed by atoms with Crippen LogP contribution in [0.15, 0.2) is 30.7 Å². The first-order chi connectivity index (χ1) is 17.4. The summed E-state index contributed by atoms with van der Waals surface area (Å²) >= 11 is 0. The topological polar surface area (TPSA) is 83.5 Å². The number of ether oxygens (including phenoxy) is 1. The summed E-state index contributed by atoms with van der Waals surface area (Å²) < 4.78 is 83.6. The molecule has 200 valence electrons. The molecule has 8 nitrogen and oxygen atoms in total. The SMILES string of the molecule is C[C@@H](COCCC(=O)N1CCN2c3ncc(C(F)(F)F)cc3C=C[C@@H]2C1)Nc1cnncc1C(F)(F)F. The van der Waals surface area contributed by atoms with Gasteiger partial charge >= 0.3 is 12.4 Å². The number of anilines is 2. The van der Waals surface area contributed by atoms with Crippen LogP contribution in [-0.2, 0) is 21.9 Å². The number of aromatic nitrogens is 3. The number of nitrogens with zero attached hydrogens (tertiary/aromatic N) is 5. The molecule has 14 heteroatoms. The minimum absolute atomic E-state index is 0.0639. The van der Waals surface area contributed by atoms with E-state index in [9.17, 15) is 31.1 Å². The van der Waals surface area contributed by atoms with Crippen LogP contribution in [0.4, 0.5) is 37.8 Å². The van der Waals surface area contributed by atoms with Gasteiger partial charge in [-0.05, 0) is 13.0 Å². The Kier molecular flexibility index (Phi) is 7.57. The molecule has 2 aromatic rings. The highest BCUT2D eigenvalue weighted by Crippen LogP contribution is 2.35.